The van der Waals surface area contributed by atoms with Crippen LogP contribution in [0, 0.1) is 18.3 Å². The Bertz CT molecular complexity index is 1540. The molecule has 0 spiro atoms. The number of nitrogens with two attached hydrogens (primary N) is 1. The third-order valence-corrected chi connectivity index (χ3v) is 9.19. The van der Waals surface area contributed by atoms with E-state index in [4.69, 9.17) is 28.9 Å². The summed E-state index contributed by atoms with van der Waals surface area (Å²) in [5, 5.41) is 19.9. The number of nitrogens with zero attached hydrogens (tertiary/aromatic N) is 4. The molecule has 192 valence electrons. The molecule has 11 heteroatoms. The van der Waals surface area contributed by atoms with Crippen molar-refractivity contribution in [1.82, 2.24) is 10.2 Å². The Morgan fingerprint density at radius 3 is 2.58 bits per heavy atom. The molecule has 7 nitrogen and oxygen atoms in total. The minimum atomic E-state index is -0.769. The molecule has 2 aliphatic rings. The number of rotatable bonds is 6. The summed E-state index contributed by atoms with van der Waals surface area (Å²) < 4.78 is 0.576. The lowest BCUT2D eigenvalue weighted by Gasteiger charge is -2.38. The van der Waals surface area contributed by atoms with E-state index in [0.29, 0.717) is 61.2 Å². The lowest BCUT2D eigenvalue weighted by atomic mass is 9.75. The molecule has 2 heterocycles. The van der Waals surface area contributed by atoms with Gasteiger partial charge >= 0.3 is 0 Å². The Kier molecular flexibility index (Phi) is 7.59. The Morgan fingerprint density at radius 2 is 1.89 bits per heavy atom. The van der Waals surface area contributed by atoms with E-state index < -0.39 is 5.92 Å². The van der Waals surface area contributed by atoms with Crippen molar-refractivity contribution in [2.24, 2.45) is 5.73 Å². The molecule has 0 saturated heterocycles. The normalized spacial score (nSPS) is 17.5. The van der Waals surface area contributed by atoms with E-state index in [1.54, 1.807) is 23.1 Å². The van der Waals surface area contributed by atoms with Crippen LogP contribution in [0.15, 0.2) is 69.5 Å². The number of hydrogen-bond acceptors (Lipinski definition) is 9. The van der Waals surface area contributed by atoms with Crippen LogP contribution in [-0.2, 0) is 4.79 Å². The summed E-state index contributed by atoms with van der Waals surface area (Å²) in [6.45, 7) is 1.97. The highest BCUT2D eigenvalue weighted by Gasteiger charge is 2.42. The molecule has 3 aromatic rings. The van der Waals surface area contributed by atoms with Gasteiger partial charge in [0.05, 0.1) is 23.3 Å². The van der Waals surface area contributed by atoms with Gasteiger partial charge in [0.1, 0.15) is 5.82 Å². The zero-order chi connectivity index (χ0) is 27.0. The van der Waals surface area contributed by atoms with E-state index in [0.717, 1.165) is 5.56 Å². The molecule has 0 saturated carbocycles. The van der Waals surface area contributed by atoms with E-state index in [2.05, 4.69) is 16.3 Å². The van der Waals surface area contributed by atoms with E-state index in [9.17, 15) is 14.9 Å². The standard InChI is InChI=1S/C27H21Cl2N5O2S2/c1-14-8-10-15(11-9-14)21(36)13-37-27-33-32-26(38-27)34-19-6-3-7-20(35)24(19)22(16(12-30)25(34)31)23-17(28)4-2-5-18(23)29/h2,4-5,8-11,22H,3,6-7,13,31H2,1H3. The van der Waals surface area contributed by atoms with E-state index in [1.807, 2.05) is 31.2 Å². The Labute approximate surface area is 237 Å². The zero-order valence-corrected chi connectivity index (χ0v) is 23.3. The van der Waals surface area contributed by atoms with Crippen LogP contribution in [0.4, 0.5) is 5.13 Å². The Morgan fingerprint density at radius 1 is 1.18 bits per heavy atom. The van der Waals surface area contributed by atoms with Crippen LogP contribution in [0.5, 0.6) is 0 Å². The highest BCUT2D eigenvalue weighted by molar-refractivity contribution is 8.01. The smallest absolute Gasteiger partial charge is 0.219 e. The molecule has 1 unspecified atom stereocenters. The summed E-state index contributed by atoms with van der Waals surface area (Å²) in [5.41, 5.74) is 10.1. The number of carbonyl (C=O) groups excluding carboxylic acids is 2. The minimum Gasteiger partial charge on any atom is -0.384 e. The van der Waals surface area contributed by atoms with Gasteiger partial charge in [-0.15, -0.1) is 10.2 Å². The average Bonchev–Trinajstić information content (AvgIpc) is 3.36. The van der Waals surface area contributed by atoms with Gasteiger partial charge in [-0.3, -0.25) is 14.5 Å². The van der Waals surface area contributed by atoms with Gasteiger partial charge in [-0.05, 0) is 31.9 Å². The molecule has 38 heavy (non-hydrogen) atoms. The first-order valence-electron chi connectivity index (χ1n) is 11.8. The molecule has 2 N–H and O–H groups in total. The Hall–Kier alpha value is -3.16. The minimum absolute atomic E-state index is 0.0155. The fourth-order valence-corrected chi connectivity index (χ4v) is 7.07. The molecule has 2 aromatic carbocycles. The van der Waals surface area contributed by atoms with Crippen molar-refractivity contribution < 1.29 is 9.59 Å². The number of thioether (sulfide) groups is 1. The second-order valence-corrected chi connectivity index (χ2v) is 11.9. The van der Waals surface area contributed by atoms with Gasteiger partial charge in [-0.25, -0.2) is 0 Å². The van der Waals surface area contributed by atoms with Crippen molar-refractivity contribution in [2.45, 2.75) is 36.4 Å². The summed E-state index contributed by atoms with van der Waals surface area (Å²) in [4.78, 5) is 27.6. The molecule has 5 rings (SSSR count). The molecular weight excluding hydrogens is 561 g/mol. The van der Waals surface area contributed by atoms with Crippen molar-refractivity contribution in [3.05, 3.63) is 91.9 Å². The monoisotopic (exact) mass is 581 g/mol. The first-order chi connectivity index (χ1) is 18.3. The van der Waals surface area contributed by atoms with Gasteiger partial charge in [-0.2, -0.15) is 5.26 Å². The number of halogens is 2. The first kappa shape index (κ1) is 26.4. The fraction of sp³-hybridized carbons (Fsp3) is 0.222. The highest BCUT2D eigenvalue weighted by atomic mass is 35.5. The number of carbonyl (C=O) groups is 2. The van der Waals surface area contributed by atoms with E-state index in [-0.39, 0.29) is 28.7 Å². The van der Waals surface area contributed by atoms with E-state index >= 15 is 0 Å². The summed E-state index contributed by atoms with van der Waals surface area (Å²) in [6.07, 6.45) is 1.55. The van der Waals surface area contributed by atoms with Crippen LogP contribution in [0.3, 0.4) is 0 Å². The van der Waals surface area contributed by atoms with Gasteiger partial charge in [0.2, 0.25) is 5.13 Å². The largest absolute Gasteiger partial charge is 0.384 e. The second-order valence-electron chi connectivity index (χ2n) is 8.88. The number of aromatic nitrogens is 2. The number of hydrogen-bond donors (Lipinski definition) is 1. The molecule has 0 bridgehead atoms. The third-order valence-electron chi connectivity index (χ3n) is 6.49. The summed E-state index contributed by atoms with van der Waals surface area (Å²) in [6, 6.07) is 14.7. The second kappa shape index (κ2) is 10.9. The van der Waals surface area contributed by atoms with Gasteiger partial charge < -0.3 is 5.73 Å². The Balaban J connectivity index is 1.50. The molecule has 1 aromatic heterocycles. The summed E-state index contributed by atoms with van der Waals surface area (Å²) in [7, 11) is 0. The number of ketones is 2. The SMILES string of the molecule is Cc1ccc(C(=O)CSc2nnc(N3C(N)=C(C#N)C(c4c(Cl)cccc4Cl)C4=C3CCCC4=O)s2)cc1. The van der Waals surface area contributed by atoms with Gasteiger partial charge in [0, 0.05) is 38.9 Å². The maximum atomic E-state index is 13.3. The first-order valence-corrected chi connectivity index (χ1v) is 14.3. The quantitative estimate of drug-likeness (QED) is 0.261. The molecule has 1 aliphatic carbocycles. The number of anilines is 1. The van der Waals surface area contributed by atoms with Gasteiger partial charge in [0.15, 0.2) is 15.9 Å². The van der Waals surface area contributed by atoms with Crippen molar-refractivity contribution >= 4 is 63.0 Å². The summed E-state index contributed by atoms with van der Waals surface area (Å²) >= 11 is 15.6. The molecule has 0 fully saturated rings. The predicted molar refractivity (Wildman–Crippen MR) is 151 cm³/mol. The lowest BCUT2D eigenvalue weighted by molar-refractivity contribution is -0.116. The van der Waals surface area contributed by atoms with Gasteiger partial charge in [-0.1, -0.05) is 82.2 Å². The summed E-state index contributed by atoms with van der Waals surface area (Å²) in [5.74, 6) is -0.510. The van der Waals surface area contributed by atoms with E-state index in [1.165, 1.54) is 23.1 Å². The maximum Gasteiger partial charge on any atom is 0.219 e. The maximum absolute atomic E-state index is 13.3. The predicted octanol–water partition coefficient (Wildman–Crippen LogP) is 6.43. The lowest BCUT2D eigenvalue weighted by Crippen LogP contribution is -2.38. The van der Waals surface area contributed by atoms with Crippen molar-refractivity contribution in [1.29, 1.82) is 5.26 Å². The number of allylic oxidation sites excluding steroid dienone is 3. The van der Waals surface area contributed by atoms with Crippen molar-refractivity contribution in [3.63, 3.8) is 0 Å². The fourth-order valence-electron chi connectivity index (χ4n) is 4.68. The average molecular weight is 583 g/mol. The number of aryl methyl sites for hydroxylation is 1. The van der Waals surface area contributed by atoms with Crippen molar-refractivity contribution in [2.75, 3.05) is 10.7 Å². The molecular formula is C27H21Cl2N5O2S2. The molecule has 1 aliphatic heterocycles. The van der Waals surface area contributed by atoms with Crippen LogP contribution in [-0.4, -0.2) is 27.5 Å². The number of Topliss-reactive ketones (excluding diaryl/α,β-unsaturated/α-hetero) is 2. The van der Waals surface area contributed by atoms with Crippen LogP contribution in [0.25, 0.3) is 0 Å². The molecule has 0 amide bonds. The van der Waals surface area contributed by atoms with Crippen LogP contribution >= 0.6 is 46.3 Å². The van der Waals surface area contributed by atoms with Crippen LogP contribution in [0.1, 0.15) is 46.7 Å². The van der Waals surface area contributed by atoms with Gasteiger partial charge in [0.25, 0.3) is 0 Å². The third kappa shape index (κ3) is 4.85. The van der Waals surface area contributed by atoms with Crippen LogP contribution in [0.2, 0.25) is 10.0 Å². The highest BCUT2D eigenvalue weighted by Crippen LogP contribution is 2.49. The molecule has 1 atom stereocenters. The zero-order valence-electron chi connectivity index (χ0n) is 20.2. The number of benzene rings is 2. The molecule has 0 radical (unpaired) electrons. The number of nitriles is 1. The topological polar surface area (TPSA) is 113 Å². The van der Waals surface area contributed by atoms with Crippen molar-refractivity contribution in [3.8, 4) is 6.07 Å². The van der Waals surface area contributed by atoms with Crippen LogP contribution < -0.4 is 10.6 Å².